The minimum Gasteiger partial charge on any atom is -0.492 e. The number of ether oxygens (including phenoxy) is 1. The van der Waals surface area contributed by atoms with Crippen LogP contribution < -0.4 is 18.4 Å². The Hall–Kier alpha value is -3.85. The van der Waals surface area contributed by atoms with Gasteiger partial charge in [-0.2, -0.15) is 30.0 Å². The molecule has 9 nitrogen and oxygen atoms in total. The SMILES string of the molecule is COc1c(-c2ccc(OS(C)(=O)=O)cc2)cc(C)c(-c2ccc(NC(=O)C(F)(F)F)c(F)c2)c1OS(C)(=O)=O. The van der Waals surface area contributed by atoms with Gasteiger partial charge in [-0.1, -0.05) is 18.2 Å². The molecule has 3 rings (SSSR count). The summed E-state index contributed by atoms with van der Waals surface area (Å²) in [5.74, 6) is -4.00. The third-order valence-corrected chi connectivity index (χ3v) is 6.01. The largest absolute Gasteiger partial charge is 0.492 e. The van der Waals surface area contributed by atoms with Crippen LogP contribution in [0.2, 0.25) is 0 Å². The second kappa shape index (κ2) is 10.7. The smallest absolute Gasteiger partial charge is 0.471 e. The van der Waals surface area contributed by atoms with Gasteiger partial charge in [-0.05, 0) is 53.9 Å². The minimum atomic E-state index is -5.24. The molecule has 0 atom stereocenters. The van der Waals surface area contributed by atoms with Crippen LogP contribution in [-0.2, 0) is 25.0 Å². The quantitative estimate of drug-likeness (QED) is 0.297. The van der Waals surface area contributed by atoms with Gasteiger partial charge in [0.15, 0.2) is 11.5 Å². The number of aryl methyl sites for hydroxylation is 1. The van der Waals surface area contributed by atoms with Gasteiger partial charge in [0.2, 0.25) is 0 Å². The van der Waals surface area contributed by atoms with E-state index in [1.165, 1.54) is 42.8 Å². The average molecular weight is 592 g/mol. The molecule has 210 valence electrons. The molecule has 0 bridgehead atoms. The number of benzene rings is 3. The predicted molar refractivity (Wildman–Crippen MR) is 134 cm³/mol. The van der Waals surface area contributed by atoms with Crippen LogP contribution in [0.15, 0.2) is 48.5 Å². The normalized spacial score (nSPS) is 12.1. The Morgan fingerprint density at radius 1 is 0.846 bits per heavy atom. The van der Waals surface area contributed by atoms with Crippen molar-refractivity contribution in [3.63, 3.8) is 0 Å². The van der Waals surface area contributed by atoms with Gasteiger partial charge >= 0.3 is 32.3 Å². The van der Waals surface area contributed by atoms with E-state index in [1.807, 2.05) is 0 Å². The van der Waals surface area contributed by atoms with E-state index in [0.717, 1.165) is 24.6 Å². The lowest BCUT2D eigenvalue weighted by atomic mass is 9.93. The summed E-state index contributed by atoms with van der Waals surface area (Å²) >= 11 is 0. The van der Waals surface area contributed by atoms with E-state index >= 15 is 0 Å². The van der Waals surface area contributed by atoms with Crippen LogP contribution in [-0.4, -0.2) is 48.5 Å². The fraction of sp³-hybridized carbons (Fsp3) is 0.208. The van der Waals surface area contributed by atoms with Gasteiger partial charge in [0, 0.05) is 11.1 Å². The van der Waals surface area contributed by atoms with E-state index in [1.54, 1.807) is 13.0 Å². The van der Waals surface area contributed by atoms with Crippen molar-refractivity contribution in [2.24, 2.45) is 0 Å². The fourth-order valence-electron chi connectivity index (χ4n) is 3.61. The summed E-state index contributed by atoms with van der Waals surface area (Å²) in [6.07, 6.45) is -3.59. The zero-order chi connectivity index (χ0) is 29.3. The predicted octanol–water partition coefficient (Wildman–Crippen LogP) is 4.65. The molecule has 39 heavy (non-hydrogen) atoms. The molecule has 1 N–H and O–H groups in total. The minimum absolute atomic E-state index is 0.00964. The van der Waals surface area contributed by atoms with Gasteiger partial charge in [-0.15, -0.1) is 0 Å². The molecular weight excluding hydrogens is 570 g/mol. The maximum Gasteiger partial charge on any atom is 0.471 e. The molecule has 0 spiro atoms. The van der Waals surface area contributed by atoms with Crippen molar-refractivity contribution in [1.29, 1.82) is 0 Å². The van der Waals surface area contributed by atoms with Crippen molar-refractivity contribution in [2.45, 2.75) is 13.1 Å². The molecule has 3 aromatic carbocycles. The maximum atomic E-state index is 14.7. The zero-order valence-electron chi connectivity index (χ0n) is 20.7. The number of alkyl halides is 3. The van der Waals surface area contributed by atoms with Gasteiger partial charge in [-0.3, -0.25) is 4.79 Å². The summed E-state index contributed by atoms with van der Waals surface area (Å²) in [4.78, 5) is 11.2. The van der Waals surface area contributed by atoms with Crippen LogP contribution in [0.3, 0.4) is 0 Å². The molecule has 0 aliphatic rings. The molecule has 0 unspecified atom stereocenters. The first-order chi connectivity index (χ1) is 17.9. The van der Waals surface area contributed by atoms with Gasteiger partial charge < -0.3 is 18.4 Å². The second-order valence-corrected chi connectivity index (χ2v) is 11.4. The van der Waals surface area contributed by atoms with Crippen LogP contribution >= 0.6 is 0 Å². The van der Waals surface area contributed by atoms with Crippen LogP contribution in [0.4, 0.5) is 23.2 Å². The van der Waals surface area contributed by atoms with E-state index in [4.69, 9.17) is 13.1 Å². The monoisotopic (exact) mass is 591 g/mol. The molecule has 0 aliphatic carbocycles. The Bertz CT molecular complexity index is 1640. The first-order valence-electron chi connectivity index (χ1n) is 10.7. The Kier molecular flexibility index (Phi) is 8.17. The molecule has 0 radical (unpaired) electrons. The Morgan fingerprint density at radius 2 is 1.41 bits per heavy atom. The highest BCUT2D eigenvalue weighted by atomic mass is 32.2. The number of amides is 1. The van der Waals surface area contributed by atoms with Crippen molar-refractivity contribution in [3.8, 4) is 39.5 Å². The van der Waals surface area contributed by atoms with Gasteiger partial charge in [0.1, 0.15) is 11.6 Å². The number of halogens is 4. The molecule has 0 fully saturated rings. The molecule has 0 heterocycles. The number of carbonyl (C=O) groups excluding carboxylic acids is 1. The van der Waals surface area contributed by atoms with Crippen molar-refractivity contribution in [3.05, 3.63) is 59.9 Å². The highest BCUT2D eigenvalue weighted by Crippen LogP contribution is 2.48. The Balaban J connectivity index is 2.18. The average Bonchev–Trinajstić information content (AvgIpc) is 2.78. The van der Waals surface area contributed by atoms with Crippen LogP contribution in [0.1, 0.15) is 5.56 Å². The Morgan fingerprint density at radius 3 is 1.90 bits per heavy atom. The van der Waals surface area contributed by atoms with E-state index < -0.39 is 43.8 Å². The van der Waals surface area contributed by atoms with Crippen LogP contribution in [0.25, 0.3) is 22.3 Å². The Labute approximate surface area is 221 Å². The second-order valence-electron chi connectivity index (χ2n) is 8.22. The summed E-state index contributed by atoms with van der Waals surface area (Å²) in [5.41, 5.74) is 0.424. The summed E-state index contributed by atoms with van der Waals surface area (Å²) < 4.78 is 115. The molecule has 0 saturated heterocycles. The maximum absolute atomic E-state index is 14.7. The third kappa shape index (κ3) is 7.38. The van der Waals surface area contributed by atoms with Gasteiger partial charge in [0.25, 0.3) is 0 Å². The lowest BCUT2D eigenvalue weighted by Gasteiger charge is -2.20. The molecule has 0 saturated carbocycles. The lowest BCUT2D eigenvalue weighted by molar-refractivity contribution is -0.167. The van der Waals surface area contributed by atoms with E-state index in [0.29, 0.717) is 16.7 Å². The summed E-state index contributed by atoms with van der Waals surface area (Å²) in [6, 6.07) is 10.1. The summed E-state index contributed by atoms with van der Waals surface area (Å²) in [6.45, 7) is 1.55. The standard InChI is InChI=1S/C24H21F4NO8S2/c1-13-11-17(14-5-8-16(9-6-14)36-38(3,31)32)21(35-2)22(37-39(4,33)34)20(13)15-7-10-19(18(25)12-15)29-23(30)24(26,27)28/h5-12H,1-4H3,(H,29,30). The lowest BCUT2D eigenvalue weighted by Crippen LogP contribution is -2.30. The van der Waals surface area contributed by atoms with E-state index in [2.05, 4.69) is 0 Å². The number of hydrogen-bond donors (Lipinski definition) is 1. The van der Waals surface area contributed by atoms with Crippen LogP contribution in [0.5, 0.6) is 17.2 Å². The van der Waals surface area contributed by atoms with Crippen molar-refractivity contribution in [1.82, 2.24) is 0 Å². The van der Waals surface area contributed by atoms with Gasteiger partial charge in [-0.25, -0.2) is 4.39 Å². The third-order valence-electron chi connectivity index (χ3n) is 5.05. The zero-order valence-corrected chi connectivity index (χ0v) is 22.3. The number of carbonyl (C=O) groups is 1. The summed E-state index contributed by atoms with van der Waals surface area (Å²) in [7, 11) is -6.73. The highest BCUT2D eigenvalue weighted by Gasteiger charge is 2.39. The number of anilines is 1. The van der Waals surface area contributed by atoms with E-state index in [-0.39, 0.29) is 28.4 Å². The molecular formula is C24H21F4NO8S2. The molecule has 1 amide bonds. The molecule has 0 aromatic heterocycles. The summed E-state index contributed by atoms with van der Waals surface area (Å²) in [5, 5.41) is 1.43. The number of rotatable bonds is 8. The number of hydrogen-bond acceptors (Lipinski definition) is 8. The highest BCUT2D eigenvalue weighted by molar-refractivity contribution is 7.86. The first-order valence-corrected chi connectivity index (χ1v) is 14.3. The molecule has 3 aromatic rings. The van der Waals surface area contributed by atoms with Crippen molar-refractivity contribution >= 4 is 31.8 Å². The molecule has 0 aliphatic heterocycles. The van der Waals surface area contributed by atoms with Crippen LogP contribution in [0, 0.1) is 12.7 Å². The number of nitrogens with one attached hydrogen (secondary N) is 1. The topological polar surface area (TPSA) is 125 Å². The molecule has 15 heteroatoms. The van der Waals surface area contributed by atoms with Gasteiger partial charge in [0.05, 0.1) is 25.3 Å². The van der Waals surface area contributed by atoms with E-state index in [9.17, 15) is 39.2 Å². The fourth-order valence-corrected chi connectivity index (χ4v) is 4.53. The van der Waals surface area contributed by atoms with Crippen molar-refractivity contribution < 1.29 is 52.3 Å². The van der Waals surface area contributed by atoms with Crippen molar-refractivity contribution in [2.75, 3.05) is 24.9 Å². The number of methoxy groups -OCH3 is 1. The first kappa shape index (κ1) is 29.7.